The SMILES string of the molecule is Cc1cccc(Oc2nc(Nc3cc(C4CC4)[nH]n3)c3ccccc3n2)c1. The molecule has 0 spiro atoms. The van der Waals surface area contributed by atoms with Crippen LogP contribution in [0, 0.1) is 6.92 Å². The van der Waals surface area contributed by atoms with Crippen LogP contribution in [0.2, 0.25) is 0 Å². The van der Waals surface area contributed by atoms with Gasteiger partial charge in [0.2, 0.25) is 0 Å². The lowest BCUT2D eigenvalue weighted by atomic mass is 10.2. The molecule has 0 aliphatic heterocycles. The largest absolute Gasteiger partial charge is 0.424 e. The average Bonchev–Trinajstić information content (AvgIpc) is 3.41. The Bertz CT molecular complexity index is 1120. The monoisotopic (exact) mass is 357 g/mol. The molecule has 0 unspecified atom stereocenters. The van der Waals surface area contributed by atoms with Gasteiger partial charge >= 0.3 is 6.01 Å². The number of anilines is 2. The Hall–Kier alpha value is -3.41. The van der Waals surface area contributed by atoms with Gasteiger partial charge in [0.1, 0.15) is 11.6 Å². The number of hydrogen-bond acceptors (Lipinski definition) is 5. The summed E-state index contributed by atoms with van der Waals surface area (Å²) in [6, 6.07) is 18.1. The Morgan fingerprint density at radius 2 is 1.93 bits per heavy atom. The molecule has 4 aromatic rings. The molecule has 1 fully saturated rings. The number of aromatic nitrogens is 4. The topological polar surface area (TPSA) is 75.7 Å². The average molecular weight is 357 g/mol. The molecule has 1 saturated carbocycles. The number of H-pyrrole nitrogens is 1. The second-order valence-electron chi connectivity index (χ2n) is 6.90. The number of rotatable bonds is 5. The molecule has 2 N–H and O–H groups in total. The first kappa shape index (κ1) is 15.8. The van der Waals surface area contributed by atoms with Crippen molar-refractivity contribution in [2.24, 2.45) is 0 Å². The Labute approximate surface area is 156 Å². The van der Waals surface area contributed by atoms with Crippen LogP contribution >= 0.6 is 0 Å². The molecule has 6 heteroatoms. The molecule has 0 radical (unpaired) electrons. The maximum atomic E-state index is 5.91. The van der Waals surface area contributed by atoms with Gasteiger partial charge in [-0.25, -0.2) is 0 Å². The van der Waals surface area contributed by atoms with E-state index in [0.29, 0.717) is 23.5 Å². The fourth-order valence-corrected chi connectivity index (χ4v) is 3.11. The minimum absolute atomic E-state index is 0.305. The van der Waals surface area contributed by atoms with Crippen LogP contribution in [-0.4, -0.2) is 20.2 Å². The number of aryl methyl sites for hydroxylation is 1. The van der Waals surface area contributed by atoms with E-state index in [1.807, 2.05) is 55.5 Å². The van der Waals surface area contributed by atoms with E-state index in [2.05, 4.69) is 31.5 Å². The van der Waals surface area contributed by atoms with Gasteiger partial charge in [-0.3, -0.25) is 5.10 Å². The fraction of sp³-hybridized carbons (Fsp3) is 0.190. The molecular weight excluding hydrogens is 338 g/mol. The summed E-state index contributed by atoms with van der Waals surface area (Å²) >= 11 is 0. The Kier molecular flexibility index (Phi) is 3.74. The third-order valence-corrected chi connectivity index (χ3v) is 4.64. The molecular formula is C21H19N5O. The molecule has 1 aliphatic rings. The Balaban J connectivity index is 1.51. The first-order valence-electron chi connectivity index (χ1n) is 9.08. The van der Waals surface area contributed by atoms with E-state index in [9.17, 15) is 0 Å². The highest BCUT2D eigenvalue weighted by atomic mass is 16.5. The summed E-state index contributed by atoms with van der Waals surface area (Å²) in [6.45, 7) is 2.02. The minimum Gasteiger partial charge on any atom is -0.424 e. The van der Waals surface area contributed by atoms with E-state index in [1.165, 1.54) is 18.5 Å². The van der Waals surface area contributed by atoms with Crippen LogP contribution in [0.15, 0.2) is 54.6 Å². The smallest absolute Gasteiger partial charge is 0.324 e. The number of benzene rings is 2. The molecule has 0 atom stereocenters. The van der Waals surface area contributed by atoms with Gasteiger partial charge in [0.15, 0.2) is 5.82 Å². The highest BCUT2D eigenvalue weighted by molar-refractivity contribution is 5.90. The summed E-state index contributed by atoms with van der Waals surface area (Å²) < 4.78 is 5.91. The van der Waals surface area contributed by atoms with Gasteiger partial charge < -0.3 is 10.1 Å². The van der Waals surface area contributed by atoms with Crippen LogP contribution in [0.5, 0.6) is 11.8 Å². The number of nitrogens with zero attached hydrogens (tertiary/aromatic N) is 3. The third-order valence-electron chi connectivity index (χ3n) is 4.64. The summed E-state index contributed by atoms with van der Waals surface area (Å²) in [5, 5.41) is 11.7. The maximum absolute atomic E-state index is 5.91. The molecule has 0 amide bonds. The lowest BCUT2D eigenvalue weighted by molar-refractivity contribution is 0.445. The summed E-state index contributed by atoms with van der Waals surface area (Å²) in [6.07, 6.45) is 2.46. The van der Waals surface area contributed by atoms with E-state index < -0.39 is 0 Å². The zero-order valence-electron chi connectivity index (χ0n) is 14.9. The molecule has 0 bridgehead atoms. The van der Waals surface area contributed by atoms with E-state index in [4.69, 9.17) is 4.74 Å². The number of ether oxygens (including phenoxy) is 1. The van der Waals surface area contributed by atoms with Crippen molar-refractivity contribution < 1.29 is 4.74 Å². The van der Waals surface area contributed by atoms with Gasteiger partial charge in [-0.1, -0.05) is 24.3 Å². The van der Waals surface area contributed by atoms with Crippen molar-refractivity contribution in [3.05, 3.63) is 65.9 Å². The van der Waals surface area contributed by atoms with Crippen molar-refractivity contribution >= 4 is 22.5 Å². The molecule has 2 aromatic carbocycles. The van der Waals surface area contributed by atoms with Crippen molar-refractivity contribution in [1.82, 2.24) is 20.2 Å². The van der Waals surface area contributed by atoms with E-state index in [-0.39, 0.29) is 0 Å². The highest BCUT2D eigenvalue weighted by Crippen LogP contribution is 2.40. The Morgan fingerprint density at radius 3 is 2.78 bits per heavy atom. The molecule has 27 heavy (non-hydrogen) atoms. The Morgan fingerprint density at radius 1 is 1.04 bits per heavy atom. The quantitative estimate of drug-likeness (QED) is 0.521. The number of para-hydroxylation sites is 1. The molecule has 2 heterocycles. The van der Waals surface area contributed by atoms with Crippen LogP contribution < -0.4 is 10.1 Å². The van der Waals surface area contributed by atoms with Crippen LogP contribution in [0.1, 0.15) is 30.0 Å². The van der Waals surface area contributed by atoms with E-state index in [1.54, 1.807) is 0 Å². The minimum atomic E-state index is 0.305. The zero-order chi connectivity index (χ0) is 18.2. The molecule has 134 valence electrons. The predicted octanol–water partition coefficient (Wildman–Crippen LogP) is 5.07. The normalized spacial score (nSPS) is 13.7. The predicted molar refractivity (Wildman–Crippen MR) is 105 cm³/mol. The zero-order valence-corrected chi connectivity index (χ0v) is 14.9. The van der Waals surface area contributed by atoms with Gasteiger partial charge in [-0.15, -0.1) is 0 Å². The van der Waals surface area contributed by atoms with Gasteiger partial charge in [0.25, 0.3) is 0 Å². The third kappa shape index (κ3) is 3.33. The fourth-order valence-electron chi connectivity index (χ4n) is 3.11. The van der Waals surface area contributed by atoms with Crippen molar-refractivity contribution in [2.75, 3.05) is 5.32 Å². The van der Waals surface area contributed by atoms with Gasteiger partial charge in [0.05, 0.1) is 5.52 Å². The van der Waals surface area contributed by atoms with Crippen molar-refractivity contribution in [1.29, 1.82) is 0 Å². The van der Waals surface area contributed by atoms with E-state index in [0.717, 1.165) is 22.3 Å². The van der Waals surface area contributed by atoms with Crippen LogP contribution in [-0.2, 0) is 0 Å². The number of aromatic amines is 1. The summed E-state index contributed by atoms with van der Waals surface area (Å²) in [5.74, 6) is 2.77. The number of fused-ring (bicyclic) bond motifs is 1. The number of hydrogen-bond donors (Lipinski definition) is 2. The van der Waals surface area contributed by atoms with Crippen LogP contribution in [0.25, 0.3) is 10.9 Å². The van der Waals surface area contributed by atoms with E-state index >= 15 is 0 Å². The maximum Gasteiger partial charge on any atom is 0.324 e. The van der Waals surface area contributed by atoms with Crippen LogP contribution in [0.4, 0.5) is 11.6 Å². The second-order valence-corrected chi connectivity index (χ2v) is 6.90. The lowest BCUT2D eigenvalue weighted by Gasteiger charge is -2.10. The van der Waals surface area contributed by atoms with Crippen molar-refractivity contribution in [2.45, 2.75) is 25.7 Å². The first-order chi connectivity index (χ1) is 13.2. The second kappa shape index (κ2) is 6.39. The summed E-state index contributed by atoms with van der Waals surface area (Å²) in [7, 11) is 0. The molecule has 1 aliphatic carbocycles. The first-order valence-corrected chi connectivity index (χ1v) is 9.08. The van der Waals surface area contributed by atoms with Gasteiger partial charge in [0, 0.05) is 23.1 Å². The number of nitrogens with one attached hydrogen (secondary N) is 2. The van der Waals surface area contributed by atoms with Crippen LogP contribution in [0.3, 0.4) is 0 Å². The summed E-state index contributed by atoms with van der Waals surface area (Å²) in [4.78, 5) is 9.14. The highest BCUT2D eigenvalue weighted by Gasteiger charge is 2.25. The van der Waals surface area contributed by atoms with Gasteiger partial charge in [-0.05, 0) is 49.6 Å². The molecule has 0 saturated heterocycles. The standard InChI is InChI=1S/C21H19N5O/c1-13-5-4-6-15(11-13)27-21-22-17-8-3-2-7-16(17)20(24-21)23-19-12-18(25-26-19)14-9-10-14/h2-8,11-12,14H,9-10H2,1H3,(H2,22,23,24,25,26). The molecule has 6 nitrogen and oxygen atoms in total. The van der Waals surface area contributed by atoms with Crippen molar-refractivity contribution in [3.8, 4) is 11.8 Å². The van der Waals surface area contributed by atoms with Crippen molar-refractivity contribution in [3.63, 3.8) is 0 Å². The van der Waals surface area contributed by atoms with Gasteiger partial charge in [-0.2, -0.15) is 15.1 Å². The lowest BCUT2D eigenvalue weighted by Crippen LogP contribution is -2.00. The molecule has 2 aromatic heterocycles. The molecule has 5 rings (SSSR count). The summed E-state index contributed by atoms with van der Waals surface area (Å²) in [5.41, 5.74) is 3.11.